The quantitative estimate of drug-likeness (QED) is 0.674. The molecule has 0 saturated carbocycles. The van der Waals surface area contributed by atoms with Gasteiger partial charge in [0.15, 0.2) is 0 Å². The topological polar surface area (TPSA) is 109 Å². The van der Waals surface area contributed by atoms with E-state index >= 15 is 0 Å². The molecule has 0 atom stereocenters. The van der Waals surface area contributed by atoms with Crippen molar-refractivity contribution >= 4 is 23.2 Å². The number of hydrogen-bond acceptors (Lipinski definition) is 4. The zero-order valence-corrected chi connectivity index (χ0v) is 13.3. The molecule has 1 aromatic heterocycles. The van der Waals surface area contributed by atoms with Crippen LogP contribution in [0.15, 0.2) is 59.4 Å². The number of aromatic amines is 1. The number of aromatic nitrogens is 3. The Morgan fingerprint density at radius 1 is 1.00 bits per heavy atom. The lowest BCUT2D eigenvalue weighted by atomic mass is 10.2. The normalized spacial score (nSPS) is 10.3. The van der Waals surface area contributed by atoms with E-state index in [0.717, 1.165) is 4.68 Å². The predicted octanol–water partition coefficient (Wildman–Crippen LogP) is 1.77. The van der Waals surface area contributed by atoms with Gasteiger partial charge in [0.25, 0.3) is 5.91 Å². The maximum absolute atomic E-state index is 12.3. The van der Waals surface area contributed by atoms with Gasteiger partial charge in [0.2, 0.25) is 11.7 Å². The number of benzene rings is 2. The molecule has 8 heteroatoms. The lowest BCUT2D eigenvalue weighted by molar-refractivity contribution is -0.114. The number of carbonyl (C=O) groups is 2. The zero-order chi connectivity index (χ0) is 17.8. The fourth-order valence-corrected chi connectivity index (χ4v) is 2.24. The van der Waals surface area contributed by atoms with Gasteiger partial charge < -0.3 is 10.6 Å². The molecular formula is C17H15N5O3. The Bertz CT molecular complexity index is 975. The van der Waals surface area contributed by atoms with Crippen molar-refractivity contribution in [2.75, 3.05) is 10.6 Å². The third-order valence-electron chi connectivity index (χ3n) is 3.27. The molecule has 0 aliphatic carbocycles. The Hall–Kier alpha value is -3.68. The Morgan fingerprint density at radius 3 is 2.36 bits per heavy atom. The number of amides is 2. The second-order valence-corrected chi connectivity index (χ2v) is 5.24. The highest BCUT2D eigenvalue weighted by Crippen LogP contribution is 2.15. The summed E-state index contributed by atoms with van der Waals surface area (Å²) in [5.74, 6) is -0.889. The summed E-state index contributed by atoms with van der Waals surface area (Å²) in [4.78, 5) is 37.8. The van der Waals surface area contributed by atoms with Gasteiger partial charge in [-0.2, -0.15) is 4.68 Å². The summed E-state index contributed by atoms with van der Waals surface area (Å²) < 4.78 is 1.11. The molecule has 25 heavy (non-hydrogen) atoms. The van der Waals surface area contributed by atoms with Crippen molar-refractivity contribution in [3.8, 4) is 5.69 Å². The van der Waals surface area contributed by atoms with Crippen molar-refractivity contribution in [3.05, 3.63) is 70.9 Å². The van der Waals surface area contributed by atoms with Gasteiger partial charge in [0, 0.05) is 18.3 Å². The first-order valence-corrected chi connectivity index (χ1v) is 7.47. The van der Waals surface area contributed by atoms with Crippen LogP contribution in [0.5, 0.6) is 0 Å². The minimum Gasteiger partial charge on any atom is -0.326 e. The zero-order valence-electron chi connectivity index (χ0n) is 13.3. The lowest BCUT2D eigenvalue weighted by Crippen LogP contribution is -2.16. The van der Waals surface area contributed by atoms with Gasteiger partial charge in [-0.3, -0.25) is 14.6 Å². The van der Waals surface area contributed by atoms with Crippen molar-refractivity contribution in [3.63, 3.8) is 0 Å². The number of hydrogen-bond donors (Lipinski definition) is 3. The molecule has 0 aliphatic heterocycles. The molecule has 0 fully saturated rings. The molecule has 2 amide bonds. The third-order valence-corrected chi connectivity index (χ3v) is 3.27. The first kappa shape index (κ1) is 16.2. The standard InChI is InChI=1S/C17H15N5O3/c1-11(23)18-12-6-5-7-13(10-12)19-16(24)15-20-17(25)22(21-15)14-8-3-2-4-9-14/h2-10H,1H3,(H,18,23)(H,19,24)(H,20,21,25). The minimum atomic E-state index is -0.563. The van der Waals surface area contributed by atoms with Crippen LogP contribution in [0.4, 0.5) is 11.4 Å². The monoisotopic (exact) mass is 337 g/mol. The molecule has 0 unspecified atom stereocenters. The van der Waals surface area contributed by atoms with Crippen LogP contribution in [0.25, 0.3) is 5.69 Å². The van der Waals surface area contributed by atoms with E-state index in [1.807, 2.05) is 6.07 Å². The molecule has 1 heterocycles. The summed E-state index contributed by atoms with van der Waals surface area (Å²) in [5, 5.41) is 9.27. The first-order valence-electron chi connectivity index (χ1n) is 7.47. The number of nitrogens with one attached hydrogen (secondary N) is 3. The SMILES string of the molecule is CC(=O)Nc1cccc(NC(=O)c2nn(-c3ccccc3)c(=O)[nH]2)c1. The molecule has 126 valence electrons. The van der Waals surface area contributed by atoms with Gasteiger partial charge in [-0.05, 0) is 30.3 Å². The van der Waals surface area contributed by atoms with Crippen molar-refractivity contribution < 1.29 is 9.59 Å². The number of para-hydroxylation sites is 1. The molecule has 3 aromatic rings. The average molecular weight is 337 g/mol. The highest BCUT2D eigenvalue weighted by atomic mass is 16.2. The summed E-state index contributed by atoms with van der Waals surface area (Å²) in [6.07, 6.45) is 0. The van der Waals surface area contributed by atoms with Gasteiger partial charge in [-0.1, -0.05) is 24.3 Å². The summed E-state index contributed by atoms with van der Waals surface area (Å²) in [6.45, 7) is 1.40. The van der Waals surface area contributed by atoms with E-state index in [-0.39, 0.29) is 11.7 Å². The van der Waals surface area contributed by atoms with Crippen molar-refractivity contribution in [1.82, 2.24) is 14.8 Å². The fraction of sp³-hybridized carbons (Fsp3) is 0.0588. The van der Waals surface area contributed by atoms with Crippen LogP contribution in [0, 0.1) is 0 Å². The van der Waals surface area contributed by atoms with Crippen molar-refractivity contribution in [2.24, 2.45) is 0 Å². The van der Waals surface area contributed by atoms with Gasteiger partial charge in [-0.15, -0.1) is 5.10 Å². The van der Waals surface area contributed by atoms with Crippen LogP contribution in [0.1, 0.15) is 17.5 Å². The fourth-order valence-electron chi connectivity index (χ4n) is 2.24. The van der Waals surface area contributed by atoms with E-state index in [9.17, 15) is 14.4 Å². The van der Waals surface area contributed by atoms with E-state index in [2.05, 4.69) is 20.7 Å². The van der Waals surface area contributed by atoms with Crippen molar-refractivity contribution in [2.45, 2.75) is 6.92 Å². The van der Waals surface area contributed by atoms with E-state index in [1.54, 1.807) is 48.5 Å². The van der Waals surface area contributed by atoms with Gasteiger partial charge in [-0.25, -0.2) is 4.79 Å². The summed E-state index contributed by atoms with van der Waals surface area (Å²) in [5.41, 5.74) is 1.05. The third kappa shape index (κ3) is 3.81. The molecular weight excluding hydrogens is 322 g/mol. The Morgan fingerprint density at radius 2 is 1.68 bits per heavy atom. The summed E-state index contributed by atoms with van der Waals surface area (Å²) in [6, 6.07) is 15.4. The van der Waals surface area contributed by atoms with Crippen LogP contribution in [0.2, 0.25) is 0 Å². The molecule has 0 saturated heterocycles. The minimum absolute atomic E-state index is 0.112. The Labute approximate surface area is 142 Å². The van der Waals surface area contributed by atoms with Crippen molar-refractivity contribution in [1.29, 1.82) is 0 Å². The number of carbonyl (C=O) groups excluding carboxylic acids is 2. The average Bonchev–Trinajstić information content (AvgIpc) is 2.97. The smallest absolute Gasteiger partial charge is 0.326 e. The number of nitrogens with zero attached hydrogens (tertiary/aromatic N) is 2. The Balaban J connectivity index is 1.81. The molecule has 8 nitrogen and oxygen atoms in total. The van der Waals surface area contributed by atoms with Crippen LogP contribution in [-0.4, -0.2) is 26.6 Å². The molecule has 0 radical (unpaired) electrons. The maximum atomic E-state index is 12.3. The Kier molecular flexibility index (Phi) is 4.42. The number of rotatable bonds is 4. The molecule has 0 spiro atoms. The second kappa shape index (κ2) is 6.83. The molecule has 0 bridgehead atoms. The highest BCUT2D eigenvalue weighted by molar-refractivity contribution is 6.02. The molecule has 0 aliphatic rings. The summed E-state index contributed by atoms with van der Waals surface area (Å²) in [7, 11) is 0. The number of H-pyrrole nitrogens is 1. The van der Waals surface area contributed by atoms with Gasteiger partial charge in [0.05, 0.1) is 5.69 Å². The van der Waals surface area contributed by atoms with E-state index < -0.39 is 11.6 Å². The van der Waals surface area contributed by atoms with Crippen LogP contribution < -0.4 is 16.3 Å². The largest absolute Gasteiger partial charge is 0.348 e. The van der Waals surface area contributed by atoms with E-state index in [1.165, 1.54) is 6.92 Å². The predicted molar refractivity (Wildman–Crippen MR) is 92.9 cm³/mol. The van der Waals surface area contributed by atoms with Gasteiger partial charge in [0.1, 0.15) is 0 Å². The molecule has 3 rings (SSSR count). The molecule has 2 aromatic carbocycles. The first-order chi connectivity index (χ1) is 12.0. The second-order valence-electron chi connectivity index (χ2n) is 5.24. The highest BCUT2D eigenvalue weighted by Gasteiger charge is 2.14. The van der Waals surface area contributed by atoms with Gasteiger partial charge >= 0.3 is 5.69 Å². The van der Waals surface area contributed by atoms with Crippen LogP contribution >= 0.6 is 0 Å². The number of anilines is 2. The van der Waals surface area contributed by atoms with E-state index in [0.29, 0.717) is 17.1 Å². The summed E-state index contributed by atoms with van der Waals surface area (Å²) >= 11 is 0. The van der Waals surface area contributed by atoms with E-state index in [4.69, 9.17) is 0 Å². The maximum Gasteiger partial charge on any atom is 0.348 e. The van der Waals surface area contributed by atoms with Crippen LogP contribution in [-0.2, 0) is 4.79 Å². The molecule has 3 N–H and O–H groups in total. The lowest BCUT2D eigenvalue weighted by Gasteiger charge is -2.06. The van der Waals surface area contributed by atoms with Crippen LogP contribution in [0.3, 0.4) is 0 Å².